The van der Waals surface area contributed by atoms with E-state index in [2.05, 4.69) is 55.0 Å². The molecule has 4 N–H and O–H groups in total. The van der Waals surface area contributed by atoms with Crippen LogP contribution in [0.3, 0.4) is 0 Å². The zero-order chi connectivity index (χ0) is 26.3. The van der Waals surface area contributed by atoms with Gasteiger partial charge in [0.05, 0.1) is 17.7 Å². The van der Waals surface area contributed by atoms with E-state index in [1.54, 1.807) is 0 Å². The van der Waals surface area contributed by atoms with Crippen LogP contribution in [0, 0.1) is 5.41 Å². The van der Waals surface area contributed by atoms with Crippen molar-refractivity contribution >= 4 is 32.7 Å². The molecule has 0 saturated carbocycles. The number of halogens is 1. The molecule has 7 nitrogen and oxygen atoms in total. The Morgan fingerprint density at radius 2 is 1.94 bits per heavy atom. The number of primary amides is 1. The zero-order valence-corrected chi connectivity index (χ0v) is 23.2. The van der Waals surface area contributed by atoms with Gasteiger partial charge in [-0.25, -0.2) is 0 Å². The molecule has 0 aliphatic rings. The van der Waals surface area contributed by atoms with Crippen molar-refractivity contribution in [2.24, 2.45) is 11.1 Å². The van der Waals surface area contributed by atoms with E-state index < -0.39 is 5.91 Å². The van der Waals surface area contributed by atoms with Crippen LogP contribution in [0.5, 0.6) is 11.5 Å². The van der Waals surface area contributed by atoms with Crippen molar-refractivity contribution in [2.45, 2.75) is 53.1 Å². The molecule has 0 bridgehead atoms. The Labute approximate surface area is 222 Å². The van der Waals surface area contributed by atoms with E-state index in [0.29, 0.717) is 38.3 Å². The normalized spacial score (nSPS) is 12.6. The molecule has 36 heavy (non-hydrogen) atoms. The van der Waals surface area contributed by atoms with E-state index in [1.807, 2.05) is 41.1 Å². The summed E-state index contributed by atoms with van der Waals surface area (Å²) in [5.41, 5.74) is 8.14. The quantitative estimate of drug-likeness (QED) is 0.258. The van der Waals surface area contributed by atoms with Gasteiger partial charge >= 0.3 is 0 Å². The number of hydrogen-bond acceptors (Lipinski definition) is 5. The lowest BCUT2D eigenvalue weighted by Crippen LogP contribution is -2.32. The van der Waals surface area contributed by atoms with Gasteiger partial charge in [0, 0.05) is 41.8 Å². The molecule has 8 heteroatoms. The van der Waals surface area contributed by atoms with Crippen LogP contribution in [0.1, 0.15) is 50.0 Å². The first kappa shape index (κ1) is 28.0. The number of nitrogens with zero attached hydrogens (tertiary/aromatic N) is 1. The van der Waals surface area contributed by atoms with Gasteiger partial charge in [0.15, 0.2) is 11.5 Å². The number of fused-ring (bicyclic) bond motifs is 1. The summed E-state index contributed by atoms with van der Waals surface area (Å²) in [5, 5.41) is 13.6. The van der Waals surface area contributed by atoms with Crippen LogP contribution in [0.15, 0.2) is 47.1 Å². The summed E-state index contributed by atoms with van der Waals surface area (Å²) in [7, 11) is 0. The van der Waals surface area contributed by atoms with Gasteiger partial charge in [-0.3, -0.25) is 4.79 Å². The number of aliphatic hydroxyl groups is 1. The molecule has 1 amide bonds. The Balaban J connectivity index is 1.58. The van der Waals surface area contributed by atoms with E-state index in [9.17, 15) is 4.79 Å². The summed E-state index contributed by atoms with van der Waals surface area (Å²) in [4.78, 5) is 12.2. The average molecular weight is 561 g/mol. The van der Waals surface area contributed by atoms with Gasteiger partial charge in [-0.2, -0.15) is 0 Å². The molecule has 1 heterocycles. The SMILES string of the molecule is CC(Cc1cc(C(N)=O)c2c(ccn2CCCO)c1)NCCOc1ccc(Br)cc1OCC(C)(C)C. The second-order valence-corrected chi connectivity index (χ2v) is 11.3. The van der Waals surface area contributed by atoms with Gasteiger partial charge in [0.1, 0.15) is 6.61 Å². The monoisotopic (exact) mass is 559 g/mol. The predicted molar refractivity (Wildman–Crippen MR) is 148 cm³/mol. The average Bonchev–Trinajstić information content (AvgIpc) is 3.21. The number of aryl methyl sites for hydroxylation is 1. The zero-order valence-electron chi connectivity index (χ0n) is 21.6. The highest BCUT2D eigenvalue weighted by atomic mass is 79.9. The number of hydrogen-bond donors (Lipinski definition) is 3. The number of ether oxygens (including phenoxy) is 2. The van der Waals surface area contributed by atoms with E-state index in [-0.39, 0.29) is 18.1 Å². The van der Waals surface area contributed by atoms with E-state index in [4.69, 9.17) is 20.3 Å². The fraction of sp³-hybridized carbons (Fsp3) is 0.464. The molecule has 3 aromatic rings. The second-order valence-electron chi connectivity index (χ2n) is 10.4. The highest BCUT2D eigenvalue weighted by Crippen LogP contribution is 2.32. The fourth-order valence-electron chi connectivity index (χ4n) is 4.04. The molecule has 0 aliphatic carbocycles. The molecule has 1 atom stereocenters. The molecule has 1 unspecified atom stereocenters. The Morgan fingerprint density at radius 1 is 1.17 bits per heavy atom. The summed E-state index contributed by atoms with van der Waals surface area (Å²) in [5.74, 6) is 1.00. The van der Waals surface area contributed by atoms with Crippen LogP contribution < -0.4 is 20.5 Å². The minimum atomic E-state index is -0.446. The number of rotatable bonds is 13. The molecule has 196 valence electrons. The first-order chi connectivity index (χ1) is 17.1. The number of carbonyl (C=O) groups is 1. The maximum atomic E-state index is 12.2. The van der Waals surface area contributed by atoms with Crippen molar-refractivity contribution in [3.63, 3.8) is 0 Å². The van der Waals surface area contributed by atoms with Crippen LogP contribution in [0.2, 0.25) is 0 Å². The number of aliphatic hydroxyl groups excluding tert-OH is 1. The molecule has 0 aliphatic heterocycles. The van der Waals surface area contributed by atoms with Crippen molar-refractivity contribution in [1.29, 1.82) is 0 Å². The van der Waals surface area contributed by atoms with Gasteiger partial charge in [-0.1, -0.05) is 36.7 Å². The van der Waals surface area contributed by atoms with Gasteiger partial charge in [0.25, 0.3) is 5.91 Å². The highest BCUT2D eigenvalue weighted by molar-refractivity contribution is 9.10. The number of aromatic nitrogens is 1. The second kappa shape index (κ2) is 12.6. The molecule has 3 rings (SSSR count). The predicted octanol–water partition coefficient (Wildman–Crippen LogP) is 4.91. The Hall–Kier alpha value is -2.55. The van der Waals surface area contributed by atoms with Crippen molar-refractivity contribution in [1.82, 2.24) is 9.88 Å². The topological polar surface area (TPSA) is 98.7 Å². The summed E-state index contributed by atoms with van der Waals surface area (Å²) in [6.45, 7) is 11.0. The van der Waals surface area contributed by atoms with E-state index >= 15 is 0 Å². The van der Waals surface area contributed by atoms with Gasteiger partial charge in [-0.15, -0.1) is 0 Å². The molecule has 2 aromatic carbocycles. The summed E-state index contributed by atoms with van der Waals surface area (Å²) < 4.78 is 14.9. The Bertz CT molecular complexity index is 1170. The molecule has 0 saturated heterocycles. The standard InChI is InChI=1S/C28H38BrN3O4/c1-19(31-9-13-35-24-7-6-22(29)17-25(24)36-18-28(2,3)4)14-20-15-21-8-11-32(10-5-12-33)26(21)23(16-20)27(30)34/h6-8,11,15-17,19,31,33H,5,9-10,12-14,18H2,1-4H3,(H2,30,34). The molecular formula is C28H38BrN3O4. The first-order valence-electron chi connectivity index (χ1n) is 12.4. The minimum Gasteiger partial charge on any atom is -0.489 e. The molecule has 0 spiro atoms. The third-order valence-electron chi connectivity index (χ3n) is 5.70. The van der Waals surface area contributed by atoms with E-state index in [0.717, 1.165) is 38.9 Å². The molecule has 0 radical (unpaired) electrons. The summed E-state index contributed by atoms with van der Waals surface area (Å²) in [6, 6.07) is 11.9. The maximum Gasteiger partial charge on any atom is 0.250 e. The Morgan fingerprint density at radius 3 is 2.64 bits per heavy atom. The minimum absolute atomic E-state index is 0.0516. The smallest absolute Gasteiger partial charge is 0.250 e. The number of nitrogens with two attached hydrogens (primary N) is 1. The fourth-order valence-corrected chi connectivity index (χ4v) is 4.38. The largest absolute Gasteiger partial charge is 0.489 e. The van der Waals surface area contributed by atoms with Crippen molar-refractivity contribution in [3.8, 4) is 11.5 Å². The number of nitrogens with one attached hydrogen (secondary N) is 1. The van der Waals surface area contributed by atoms with E-state index in [1.165, 1.54) is 0 Å². The number of amides is 1. The lowest BCUT2D eigenvalue weighted by molar-refractivity contribution is 0.100. The van der Waals surface area contributed by atoms with Crippen LogP contribution in [-0.2, 0) is 13.0 Å². The van der Waals surface area contributed by atoms with Crippen LogP contribution >= 0.6 is 15.9 Å². The first-order valence-corrected chi connectivity index (χ1v) is 13.2. The van der Waals surface area contributed by atoms with Gasteiger partial charge < -0.3 is 30.2 Å². The molecule has 0 fully saturated rings. The van der Waals surface area contributed by atoms with Gasteiger partial charge in [-0.05, 0) is 67.1 Å². The Kier molecular flexibility index (Phi) is 9.82. The van der Waals surface area contributed by atoms with Gasteiger partial charge in [0.2, 0.25) is 0 Å². The highest BCUT2D eigenvalue weighted by Gasteiger charge is 2.16. The van der Waals surface area contributed by atoms with Crippen LogP contribution in [-0.4, -0.2) is 48.0 Å². The number of benzene rings is 2. The third-order valence-corrected chi connectivity index (χ3v) is 6.20. The third kappa shape index (κ3) is 7.98. The lowest BCUT2D eigenvalue weighted by Gasteiger charge is -2.21. The van der Waals surface area contributed by atoms with Crippen molar-refractivity contribution in [2.75, 3.05) is 26.4 Å². The lowest BCUT2D eigenvalue weighted by atomic mass is 9.99. The van der Waals surface area contributed by atoms with Crippen molar-refractivity contribution in [3.05, 3.63) is 58.2 Å². The maximum absolute atomic E-state index is 12.2. The van der Waals surface area contributed by atoms with Crippen LogP contribution in [0.25, 0.3) is 10.9 Å². The molecular weight excluding hydrogens is 522 g/mol. The number of carbonyl (C=O) groups excluding carboxylic acids is 1. The van der Waals surface area contributed by atoms with Crippen molar-refractivity contribution < 1.29 is 19.4 Å². The van der Waals surface area contributed by atoms with Crippen LogP contribution in [0.4, 0.5) is 0 Å². The molecule has 1 aromatic heterocycles. The summed E-state index contributed by atoms with van der Waals surface area (Å²) >= 11 is 3.50. The summed E-state index contributed by atoms with van der Waals surface area (Å²) in [6.07, 6.45) is 3.31.